The number of amides is 2. The van der Waals surface area contributed by atoms with Crippen LogP contribution in [0.15, 0.2) is 71.3 Å². The summed E-state index contributed by atoms with van der Waals surface area (Å²) in [5.41, 5.74) is 5.20. The van der Waals surface area contributed by atoms with E-state index in [1.54, 1.807) is 17.0 Å². The number of hydrogen-bond donors (Lipinski definition) is 3. The zero-order valence-electron chi connectivity index (χ0n) is 26.9. The average molecular weight is 615 g/mol. The number of benzene rings is 2. The van der Waals surface area contributed by atoms with E-state index in [0.717, 1.165) is 74.9 Å². The summed E-state index contributed by atoms with van der Waals surface area (Å²) in [5, 5.41) is 32.3. The number of nitrogens with zero attached hydrogens (tertiary/aromatic N) is 2. The number of rotatable bonds is 13. The molecule has 4 atom stereocenters. The Morgan fingerprint density at radius 1 is 0.978 bits per heavy atom. The number of hydrogen-bond acceptors (Lipinski definition) is 6. The second-order valence-electron chi connectivity index (χ2n) is 13.2. The minimum Gasteiger partial charge on any atom is -0.508 e. The molecule has 242 valence electrons. The molecule has 3 N–H and O–H groups in total. The van der Waals surface area contributed by atoms with Crippen LogP contribution in [0, 0.1) is 17.8 Å². The highest BCUT2D eigenvalue weighted by Crippen LogP contribution is 2.48. The lowest BCUT2D eigenvalue weighted by Crippen LogP contribution is -2.47. The highest BCUT2D eigenvalue weighted by Gasteiger charge is 2.56. The maximum Gasteiger partial charge on any atom is 0.234 e. The van der Waals surface area contributed by atoms with Crippen molar-refractivity contribution in [1.29, 1.82) is 0 Å². The summed E-state index contributed by atoms with van der Waals surface area (Å²) in [4.78, 5) is 31.9. The Morgan fingerprint density at radius 3 is 2.40 bits per heavy atom. The van der Waals surface area contributed by atoms with Crippen molar-refractivity contribution in [2.24, 2.45) is 17.8 Å². The van der Waals surface area contributed by atoms with Gasteiger partial charge in [0, 0.05) is 31.6 Å². The highest BCUT2D eigenvalue weighted by atomic mass is 16.3. The fraction of sp³-hybridized carbons (Fsp3) is 0.526. The second kappa shape index (κ2) is 15.4. The molecule has 0 spiro atoms. The number of carbonyl (C=O) groups is 2. The molecule has 2 amide bonds. The molecule has 2 heterocycles. The standard InChI is InChI=1S/C38H50N2O5/c1-3-9-26(21-28-13-8-14-31(42)22-28)15-16-34(43)35-29(10-4-2)23-32-36(33(35)25-41)38(45)40(37(32)44)30-17-19-39(20-18-30)24-27-11-6-5-7-12-27/h5-8,11-14,21-22,30,32-34,36,41-43H,3-4,9-10,15-20,23-25H2,1-2H3/b26-21+/t32-,33+,34-,36-/m1/s1. The van der Waals surface area contributed by atoms with Gasteiger partial charge in [-0.2, -0.15) is 0 Å². The average Bonchev–Trinajstić information content (AvgIpc) is 3.29. The SMILES string of the molecule is CCCC1=C([C@H](O)CC/C(=C/c2cccc(O)c2)CCC)[C@H](CO)[C@@H]2C(=O)N(C3CCN(Cc4ccccc4)CC3)C(=O)[C@@H]2C1. The molecule has 0 radical (unpaired) electrons. The summed E-state index contributed by atoms with van der Waals surface area (Å²) in [6.45, 7) is 6.47. The number of likely N-dealkylation sites (tertiary alicyclic amines) is 2. The molecular formula is C38H50N2O5. The highest BCUT2D eigenvalue weighted by molar-refractivity contribution is 6.06. The Balaban J connectivity index is 1.30. The summed E-state index contributed by atoms with van der Waals surface area (Å²) in [6.07, 6.45) is 7.87. The zero-order valence-corrected chi connectivity index (χ0v) is 26.9. The van der Waals surface area contributed by atoms with Crippen LogP contribution in [0.1, 0.15) is 82.8 Å². The number of aromatic hydroxyl groups is 1. The molecule has 1 aliphatic carbocycles. The fourth-order valence-corrected chi connectivity index (χ4v) is 7.98. The minimum absolute atomic E-state index is 0.0913. The van der Waals surface area contributed by atoms with Crippen LogP contribution in [0.25, 0.3) is 6.08 Å². The number of carbonyl (C=O) groups excluding carboxylic acids is 2. The minimum atomic E-state index is -0.799. The number of piperidine rings is 1. The van der Waals surface area contributed by atoms with Crippen LogP contribution in [0.5, 0.6) is 5.75 Å². The van der Waals surface area contributed by atoms with Crippen LogP contribution < -0.4 is 0 Å². The Morgan fingerprint density at radius 2 is 1.73 bits per heavy atom. The molecule has 3 aliphatic rings. The molecule has 2 saturated heterocycles. The number of phenolic OH excluding ortho intramolecular Hbond substituents is 1. The van der Waals surface area contributed by atoms with Crippen LogP contribution >= 0.6 is 0 Å². The molecule has 0 aromatic heterocycles. The van der Waals surface area contributed by atoms with E-state index in [1.165, 1.54) is 11.1 Å². The van der Waals surface area contributed by atoms with Gasteiger partial charge in [-0.25, -0.2) is 0 Å². The van der Waals surface area contributed by atoms with Crippen LogP contribution in [0.2, 0.25) is 0 Å². The molecule has 2 aliphatic heterocycles. The molecule has 5 rings (SSSR count). The number of aliphatic hydroxyl groups excluding tert-OH is 2. The van der Waals surface area contributed by atoms with Gasteiger partial charge in [0.25, 0.3) is 0 Å². The third-order valence-corrected chi connectivity index (χ3v) is 10.0. The van der Waals surface area contributed by atoms with Gasteiger partial charge in [0.15, 0.2) is 0 Å². The van der Waals surface area contributed by atoms with Gasteiger partial charge < -0.3 is 15.3 Å². The zero-order chi connectivity index (χ0) is 31.9. The Bertz CT molecular complexity index is 1380. The van der Waals surface area contributed by atoms with Crippen molar-refractivity contribution in [2.75, 3.05) is 19.7 Å². The van der Waals surface area contributed by atoms with Crippen molar-refractivity contribution in [2.45, 2.75) is 90.3 Å². The Labute approximate surface area is 268 Å². The maximum atomic E-state index is 14.1. The van der Waals surface area contributed by atoms with Crippen LogP contribution in [-0.2, 0) is 16.1 Å². The number of allylic oxidation sites excluding steroid dienone is 2. The summed E-state index contributed by atoms with van der Waals surface area (Å²) in [7, 11) is 0. The van der Waals surface area contributed by atoms with E-state index in [0.29, 0.717) is 19.3 Å². The van der Waals surface area contributed by atoms with Gasteiger partial charge in [0.1, 0.15) is 5.75 Å². The van der Waals surface area contributed by atoms with E-state index in [9.17, 15) is 24.9 Å². The smallest absolute Gasteiger partial charge is 0.234 e. The number of imide groups is 1. The van der Waals surface area contributed by atoms with Crippen molar-refractivity contribution in [3.8, 4) is 5.75 Å². The quantitative estimate of drug-likeness (QED) is 0.187. The fourth-order valence-electron chi connectivity index (χ4n) is 7.98. The largest absolute Gasteiger partial charge is 0.508 e. The van der Waals surface area contributed by atoms with E-state index < -0.39 is 23.9 Å². The first-order valence-corrected chi connectivity index (χ1v) is 17.0. The third-order valence-electron chi connectivity index (χ3n) is 10.0. The maximum absolute atomic E-state index is 14.1. The van der Waals surface area contributed by atoms with E-state index >= 15 is 0 Å². The molecule has 2 aromatic carbocycles. The summed E-state index contributed by atoms with van der Waals surface area (Å²) in [6, 6.07) is 17.4. The molecule has 7 nitrogen and oxygen atoms in total. The molecule has 7 heteroatoms. The van der Waals surface area contributed by atoms with E-state index in [-0.39, 0.29) is 30.2 Å². The first-order valence-electron chi connectivity index (χ1n) is 17.0. The molecule has 0 bridgehead atoms. The summed E-state index contributed by atoms with van der Waals surface area (Å²) < 4.78 is 0. The van der Waals surface area contributed by atoms with Gasteiger partial charge >= 0.3 is 0 Å². The van der Waals surface area contributed by atoms with Crippen molar-refractivity contribution in [3.05, 3.63) is 82.4 Å². The number of fused-ring (bicyclic) bond motifs is 1. The van der Waals surface area contributed by atoms with Crippen LogP contribution in [0.4, 0.5) is 0 Å². The lowest BCUT2D eigenvalue weighted by Gasteiger charge is -2.37. The Hall–Kier alpha value is -3.26. The van der Waals surface area contributed by atoms with Crippen molar-refractivity contribution < 1.29 is 24.9 Å². The summed E-state index contributed by atoms with van der Waals surface area (Å²) in [5.74, 6) is -1.67. The van der Waals surface area contributed by atoms with Gasteiger partial charge in [-0.3, -0.25) is 19.4 Å². The topological polar surface area (TPSA) is 101 Å². The molecular weight excluding hydrogens is 564 g/mol. The molecule has 0 unspecified atom stereocenters. The molecule has 0 saturated carbocycles. The van der Waals surface area contributed by atoms with Crippen molar-refractivity contribution in [3.63, 3.8) is 0 Å². The van der Waals surface area contributed by atoms with Gasteiger partial charge in [-0.1, -0.05) is 86.4 Å². The lowest BCUT2D eigenvalue weighted by molar-refractivity contribution is -0.144. The second-order valence-corrected chi connectivity index (χ2v) is 13.2. The van der Waals surface area contributed by atoms with Gasteiger partial charge in [-0.15, -0.1) is 0 Å². The van der Waals surface area contributed by atoms with E-state index in [1.807, 2.05) is 30.3 Å². The van der Waals surface area contributed by atoms with Crippen LogP contribution in [-0.4, -0.2) is 68.8 Å². The van der Waals surface area contributed by atoms with E-state index in [4.69, 9.17) is 0 Å². The number of aliphatic hydroxyl groups is 2. The number of phenols is 1. The van der Waals surface area contributed by atoms with Gasteiger partial charge in [-0.05, 0) is 73.8 Å². The molecule has 2 fully saturated rings. The predicted octanol–water partition coefficient (Wildman–Crippen LogP) is 6.09. The van der Waals surface area contributed by atoms with E-state index in [2.05, 4.69) is 37.0 Å². The van der Waals surface area contributed by atoms with Crippen molar-refractivity contribution in [1.82, 2.24) is 9.80 Å². The van der Waals surface area contributed by atoms with Crippen molar-refractivity contribution >= 4 is 17.9 Å². The van der Waals surface area contributed by atoms with Gasteiger partial charge in [0.2, 0.25) is 11.8 Å². The monoisotopic (exact) mass is 614 g/mol. The molecule has 2 aromatic rings. The third kappa shape index (κ3) is 7.59. The van der Waals surface area contributed by atoms with Gasteiger partial charge in [0.05, 0.1) is 24.5 Å². The van der Waals surface area contributed by atoms with Crippen LogP contribution in [0.3, 0.4) is 0 Å². The molecule has 45 heavy (non-hydrogen) atoms. The summed E-state index contributed by atoms with van der Waals surface area (Å²) >= 11 is 0. The Kier molecular flexibility index (Phi) is 11.3. The first-order chi connectivity index (χ1) is 21.8. The predicted molar refractivity (Wildman–Crippen MR) is 177 cm³/mol. The first kappa shape index (κ1) is 33.1. The normalized spacial score (nSPS) is 24.0. The lowest BCUT2D eigenvalue weighted by atomic mass is 9.67.